The van der Waals surface area contributed by atoms with E-state index in [0.29, 0.717) is 24.0 Å². The normalized spacial score (nSPS) is 18.2. The molecule has 0 fully saturated rings. The van der Waals surface area contributed by atoms with Gasteiger partial charge in [-0.15, -0.1) is 11.3 Å². The van der Waals surface area contributed by atoms with Crippen LogP contribution in [-0.2, 0) is 11.2 Å². The second-order valence-corrected chi connectivity index (χ2v) is 7.63. The molecule has 122 valence electrons. The SMILES string of the molecule is CC(C)[C@@H](NC(=O)[C@@H]1COc2ccc(Cl)cc2C1)c1cccs1. The first-order valence-electron chi connectivity index (χ1n) is 7.79. The number of carbonyl (C=O) groups is 1. The van der Waals surface area contributed by atoms with Crippen LogP contribution in [-0.4, -0.2) is 12.5 Å². The largest absolute Gasteiger partial charge is 0.492 e. The molecule has 0 spiro atoms. The Morgan fingerprint density at radius 3 is 2.91 bits per heavy atom. The number of carbonyl (C=O) groups excluding carboxylic acids is 1. The molecule has 2 atom stereocenters. The summed E-state index contributed by atoms with van der Waals surface area (Å²) in [6.07, 6.45) is 0.664. The van der Waals surface area contributed by atoms with Gasteiger partial charge in [-0.25, -0.2) is 0 Å². The lowest BCUT2D eigenvalue weighted by Gasteiger charge is -2.28. The van der Waals surface area contributed by atoms with E-state index in [0.717, 1.165) is 11.3 Å². The van der Waals surface area contributed by atoms with Gasteiger partial charge >= 0.3 is 0 Å². The lowest BCUT2D eigenvalue weighted by Crippen LogP contribution is -2.40. The van der Waals surface area contributed by atoms with Gasteiger partial charge < -0.3 is 10.1 Å². The highest BCUT2D eigenvalue weighted by molar-refractivity contribution is 7.10. The minimum atomic E-state index is -0.179. The van der Waals surface area contributed by atoms with Gasteiger partial charge in [0.05, 0.1) is 12.0 Å². The first-order chi connectivity index (χ1) is 11.0. The molecule has 0 aliphatic carbocycles. The Hall–Kier alpha value is -1.52. The van der Waals surface area contributed by atoms with Gasteiger partial charge in [-0.2, -0.15) is 0 Å². The Bertz CT molecular complexity index is 684. The summed E-state index contributed by atoms with van der Waals surface area (Å²) in [7, 11) is 0. The Kier molecular flexibility index (Phi) is 4.93. The monoisotopic (exact) mass is 349 g/mol. The molecular formula is C18H20ClNO2S. The zero-order valence-electron chi connectivity index (χ0n) is 13.2. The van der Waals surface area contributed by atoms with E-state index in [2.05, 4.69) is 25.2 Å². The number of thiophene rings is 1. The van der Waals surface area contributed by atoms with Crippen LogP contribution in [0.3, 0.4) is 0 Å². The molecule has 23 heavy (non-hydrogen) atoms. The summed E-state index contributed by atoms with van der Waals surface area (Å²) in [6, 6.07) is 9.70. The molecule has 2 aromatic rings. The van der Waals surface area contributed by atoms with Crippen LogP contribution >= 0.6 is 22.9 Å². The fourth-order valence-corrected chi connectivity index (χ4v) is 3.98. The molecule has 2 heterocycles. The molecule has 1 N–H and O–H groups in total. The van der Waals surface area contributed by atoms with Gasteiger partial charge in [-0.05, 0) is 47.5 Å². The van der Waals surface area contributed by atoms with Crippen molar-refractivity contribution in [1.82, 2.24) is 5.32 Å². The lowest BCUT2D eigenvalue weighted by molar-refractivity contribution is -0.127. The fourth-order valence-electron chi connectivity index (χ4n) is 2.84. The van der Waals surface area contributed by atoms with Crippen LogP contribution in [0.5, 0.6) is 5.75 Å². The van der Waals surface area contributed by atoms with E-state index in [1.165, 1.54) is 4.88 Å². The first kappa shape index (κ1) is 16.3. The third kappa shape index (κ3) is 3.70. The molecule has 3 rings (SSSR count). The first-order valence-corrected chi connectivity index (χ1v) is 9.05. The topological polar surface area (TPSA) is 38.3 Å². The van der Waals surface area contributed by atoms with Crippen molar-refractivity contribution < 1.29 is 9.53 Å². The standard InChI is InChI=1S/C18H20ClNO2S/c1-11(2)17(16-4-3-7-23-16)20-18(21)13-8-12-9-14(19)5-6-15(12)22-10-13/h3-7,9,11,13,17H,8,10H2,1-2H3,(H,20,21)/t13-,17+/m0/s1. The summed E-state index contributed by atoms with van der Waals surface area (Å²) in [4.78, 5) is 13.9. The Morgan fingerprint density at radius 1 is 1.39 bits per heavy atom. The highest BCUT2D eigenvalue weighted by Gasteiger charge is 2.29. The quantitative estimate of drug-likeness (QED) is 0.884. The second kappa shape index (κ2) is 6.93. The Morgan fingerprint density at radius 2 is 2.22 bits per heavy atom. The van der Waals surface area contributed by atoms with E-state index in [1.807, 2.05) is 29.6 Å². The number of benzene rings is 1. The summed E-state index contributed by atoms with van der Waals surface area (Å²) in [5.74, 6) is 1.03. The number of halogens is 1. The molecule has 0 saturated heterocycles. The van der Waals surface area contributed by atoms with Crippen LogP contribution in [0.15, 0.2) is 35.7 Å². The molecule has 1 aromatic heterocycles. The number of ether oxygens (including phenoxy) is 1. The fraction of sp³-hybridized carbons (Fsp3) is 0.389. The van der Waals surface area contributed by atoms with Crippen molar-refractivity contribution in [3.05, 3.63) is 51.2 Å². The number of rotatable bonds is 4. The van der Waals surface area contributed by atoms with Crippen LogP contribution in [0.2, 0.25) is 5.02 Å². The smallest absolute Gasteiger partial charge is 0.227 e. The Balaban J connectivity index is 1.71. The van der Waals surface area contributed by atoms with Crippen molar-refractivity contribution in [2.75, 3.05) is 6.61 Å². The molecule has 1 aromatic carbocycles. The lowest BCUT2D eigenvalue weighted by atomic mass is 9.94. The van der Waals surface area contributed by atoms with Crippen LogP contribution in [0.4, 0.5) is 0 Å². The number of amides is 1. The maximum absolute atomic E-state index is 12.7. The molecule has 0 bridgehead atoms. The van der Waals surface area contributed by atoms with Crippen LogP contribution in [0.25, 0.3) is 0 Å². The summed E-state index contributed by atoms with van der Waals surface area (Å²) >= 11 is 7.72. The average Bonchev–Trinajstić information content (AvgIpc) is 3.05. The number of hydrogen-bond acceptors (Lipinski definition) is 3. The average molecular weight is 350 g/mol. The summed E-state index contributed by atoms with van der Waals surface area (Å²) in [5.41, 5.74) is 1.00. The van der Waals surface area contributed by atoms with E-state index in [1.54, 1.807) is 11.3 Å². The van der Waals surface area contributed by atoms with E-state index >= 15 is 0 Å². The van der Waals surface area contributed by atoms with Gasteiger partial charge in [0.15, 0.2) is 0 Å². The van der Waals surface area contributed by atoms with Gasteiger partial charge in [-0.3, -0.25) is 4.79 Å². The third-order valence-corrected chi connectivity index (χ3v) is 5.30. The second-order valence-electron chi connectivity index (χ2n) is 6.21. The summed E-state index contributed by atoms with van der Waals surface area (Å²) < 4.78 is 5.73. The molecule has 1 amide bonds. The zero-order valence-corrected chi connectivity index (χ0v) is 14.8. The Labute approximate surface area is 145 Å². The number of hydrogen-bond donors (Lipinski definition) is 1. The van der Waals surface area contributed by atoms with Crippen molar-refractivity contribution in [3.8, 4) is 5.75 Å². The molecular weight excluding hydrogens is 330 g/mol. The van der Waals surface area contributed by atoms with E-state index in [-0.39, 0.29) is 17.9 Å². The van der Waals surface area contributed by atoms with E-state index in [9.17, 15) is 4.79 Å². The van der Waals surface area contributed by atoms with Gasteiger partial charge in [0, 0.05) is 9.90 Å². The predicted octanol–water partition coefficient (Wildman–Crippen LogP) is 4.47. The minimum absolute atomic E-state index is 0.0442. The molecule has 5 heteroatoms. The maximum Gasteiger partial charge on any atom is 0.227 e. The number of fused-ring (bicyclic) bond motifs is 1. The van der Waals surface area contributed by atoms with Crippen molar-refractivity contribution in [2.45, 2.75) is 26.3 Å². The highest BCUT2D eigenvalue weighted by atomic mass is 35.5. The molecule has 0 radical (unpaired) electrons. The van der Waals surface area contributed by atoms with E-state index in [4.69, 9.17) is 16.3 Å². The molecule has 0 saturated carbocycles. The molecule has 3 nitrogen and oxygen atoms in total. The minimum Gasteiger partial charge on any atom is -0.492 e. The van der Waals surface area contributed by atoms with Crippen molar-refractivity contribution in [2.24, 2.45) is 11.8 Å². The van der Waals surface area contributed by atoms with Gasteiger partial charge in [0.1, 0.15) is 12.4 Å². The predicted molar refractivity (Wildman–Crippen MR) is 94.2 cm³/mol. The third-order valence-electron chi connectivity index (χ3n) is 4.11. The van der Waals surface area contributed by atoms with Crippen LogP contribution < -0.4 is 10.1 Å². The molecule has 1 aliphatic heterocycles. The summed E-state index contributed by atoms with van der Waals surface area (Å²) in [6.45, 7) is 4.66. The van der Waals surface area contributed by atoms with Crippen LogP contribution in [0.1, 0.15) is 30.3 Å². The van der Waals surface area contributed by atoms with Gasteiger partial charge in [0.2, 0.25) is 5.91 Å². The van der Waals surface area contributed by atoms with Crippen LogP contribution in [0, 0.1) is 11.8 Å². The maximum atomic E-state index is 12.7. The van der Waals surface area contributed by atoms with E-state index < -0.39 is 0 Å². The molecule has 1 aliphatic rings. The van der Waals surface area contributed by atoms with Gasteiger partial charge in [0.25, 0.3) is 0 Å². The van der Waals surface area contributed by atoms with Crippen molar-refractivity contribution in [1.29, 1.82) is 0 Å². The molecule has 0 unspecified atom stereocenters. The zero-order chi connectivity index (χ0) is 16.4. The van der Waals surface area contributed by atoms with Crippen molar-refractivity contribution in [3.63, 3.8) is 0 Å². The summed E-state index contributed by atoms with van der Waals surface area (Å²) in [5, 5.41) is 5.91. The number of nitrogens with one attached hydrogen (secondary N) is 1. The van der Waals surface area contributed by atoms with Gasteiger partial charge in [-0.1, -0.05) is 31.5 Å². The van der Waals surface area contributed by atoms with Crippen molar-refractivity contribution >= 4 is 28.8 Å². The highest BCUT2D eigenvalue weighted by Crippen LogP contribution is 2.31.